The van der Waals surface area contributed by atoms with Crippen molar-refractivity contribution < 1.29 is 13.6 Å². The third-order valence-electron chi connectivity index (χ3n) is 5.14. The molecule has 30 heavy (non-hydrogen) atoms. The Bertz CT molecular complexity index is 1060. The van der Waals surface area contributed by atoms with Gasteiger partial charge in [0, 0.05) is 24.0 Å². The number of likely N-dealkylation sites (tertiary alicyclic amines) is 1. The van der Waals surface area contributed by atoms with Gasteiger partial charge in [0.2, 0.25) is 0 Å². The zero-order chi connectivity index (χ0) is 21.3. The smallest absolute Gasteiger partial charge is 0.321 e. The zero-order valence-electron chi connectivity index (χ0n) is 16.5. The highest BCUT2D eigenvalue weighted by atomic mass is 35.5. The van der Waals surface area contributed by atoms with E-state index in [4.69, 9.17) is 11.6 Å². The number of amides is 1. The van der Waals surface area contributed by atoms with Gasteiger partial charge in [-0.1, -0.05) is 18.6 Å². The molecule has 2 aromatic heterocycles. The number of piperidine rings is 1. The Morgan fingerprint density at radius 2 is 1.87 bits per heavy atom. The summed E-state index contributed by atoms with van der Waals surface area (Å²) in [5.41, 5.74) is 1.71. The van der Waals surface area contributed by atoms with Gasteiger partial charge in [-0.15, -0.1) is 0 Å². The third kappa shape index (κ3) is 4.60. The predicted molar refractivity (Wildman–Crippen MR) is 111 cm³/mol. The average molecular weight is 434 g/mol. The minimum atomic E-state index is -3.63. The SMILES string of the molecule is Cc1cc(C(F)(F)Cl)n2nc(C(=O)Nc3ccc(CN4CCCCC4)cc3)cc2n1. The molecule has 0 aliphatic carbocycles. The number of benzene rings is 1. The molecule has 1 aromatic carbocycles. The van der Waals surface area contributed by atoms with Crippen molar-refractivity contribution in [1.29, 1.82) is 0 Å². The molecule has 158 valence electrons. The van der Waals surface area contributed by atoms with Crippen LogP contribution >= 0.6 is 11.6 Å². The number of nitrogens with one attached hydrogen (secondary N) is 1. The molecule has 0 saturated carbocycles. The molecule has 6 nitrogen and oxygen atoms in total. The van der Waals surface area contributed by atoms with Gasteiger partial charge in [-0.25, -0.2) is 9.50 Å². The number of nitrogens with zero attached hydrogens (tertiary/aromatic N) is 4. The number of rotatable bonds is 5. The van der Waals surface area contributed by atoms with E-state index in [0.29, 0.717) is 11.4 Å². The fourth-order valence-electron chi connectivity index (χ4n) is 3.68. The van der Waals surface area contributed by atoms with Crippen LogP contribution in [-0.4, -0.2) is 38.5 Å². The highest BCUT2D eigenvalue weighted by molar-refractivity contribution is 6.21. The van der Waals surface area contributed by atoms with E-state index in [1.165, 1.54) is 30.9 Å². The number of anilines is 1. The van der Waals surface area contributed by atoms with Crippen molar-refractivity contribution in [2.24, 2.45) is 0 Å². The number of hydrogen-bond acceptors (Lipinski definition) is 4. The lowest BCUT2D eigenvalue weighted by atomic mass is 10.1. The van der Waals surface area contributed by atoms with Crippen molar-refractivity contribution >= 4 is 28.8 Å². The van der Waals surface area contributed by atoms with Crippen LogP contribution in [-0.2, 0) is 11.9 Å². The molecule has 1 aliphatic heterocycles. The molecular formula is C21H22ClF2N5O. The van der Waals surface area contributed by atoms with Crippen molar-refractivity contribution in [1.82, 2.24) is 19.5 Å². The number of carbonyl (C=O) groups excluding carboxylic acids is 1. The lowest BCUT2D eigenvalue weighted by Gasteiger charge is -2.26. The Balaban J connectivity index is 1.49. The molecule has 3 aromatic rings. The van der Waals surface area contributed by atoms with Gasteiger partial charge in [0.15, 0.2) is 11.3 Å². The van der Waals surface area contributed by atoms with Crippen molar-refractivity contribution in [2.75, 3.05) is 18.4 Å². The summed E-state index contributed by atoms with van der Waals surface area (Å²) in [6.45, 7) is 4.69. The maximum atomic E-state index is 13.7. The summed E-state index contributed by atoms with van der Waals surface area (Å²) < 4.78 is 28.3. The molecule has 0 radical (unpaired) electrons. The first-order valence-electron chi connectivity index (χ1n) is 9.87. The van der Waals surface area contributed by atoms with Gasteiger partial charge >= 0.3 is 5.38 Å². The Hall–Kier alpha value is -2.58. The molecular weight excluding hydrogens is 412 g/mol. The summed E-state index contributed by atoms with van der Waals surface area (Å²) in [5, 5.41) is 3.10. The second-order valence-corrected chi connectivity index (χ2v) is 8.04. The van der Waals surface area contributed by atoms with Crippen molar-refractivity contribution in [3.8, 4) is 0 Å². The topological polar surface area (TPSA) is 62.5 Å². The molecule has 9 heteroatoms. The first-order chi connectivity index (χ1) is 14.3. The van der Waals surface area contributed by atoms with Gasteiger partial charge in [-0.05, 0) is 68.2 Å². The molecule has 1 N–H and O–H groups in total. The van der Waals surface area contributed by atoms with E-state index in [2.05, 4.69) is 20.3 Å². The first kappa shape index (κ1) is 20.7. The third-order valence-corrected chi connectivity index (χ3v) is 5.34. The molecule has 1 fully saturated rings. The summed E-state index contributed by atoms with van der Waals surface area (Å²) in [5.74, 6) is -0.509. The maximum Gasteiger partial charge on any atom is 0.364 e. The van der Waals surface area contributed by atoms with E-state index in [0.717, 1.165) is 30.2 Å². The predicted octanol–water partition coefficient (Wildman–Crippen LogP) is 4.56. The molecule has 0 atom stereocenters. The summed E-state index contributed by atoms with van der Waals surface area (Å²) in [7, 11) is 0. The number of alkyl halides is 3. The van der Waals surface area contributed by atoms with E-state index in [-0.39, 0.29) is 11.3 Å². The second-order valence-electron chi connectivity index (χ2n) is 7.57. The van der Waals surface area contributed by atoms with E-state index in [9.17, 15) is 13.6 Å². The minimum Gasteiger partial charge on any atom is -0.321 e. The molecule has 3 heterocycles. The van der Waals surface area contributed by atoms with E-state index < -0.39 is 17.0 Å². The van der Waals surface area contributed by atoms with E-state index in [1.807, 2.05) is 24.3 Å². The van der Waals surface area contributed by atoms with Crippen LogP contribution in [0.4, 0.5) is 14.5 Å². The fourth-order valence-corrected chi connectivity index (χ4v) is 3.81. The van der Waals surface area contributed by atoms with Crippen LogP contribution in [0.3, 0.4) is 0 Å². The first-order valence-corrected chi connectivity index (χ1v) is 10.2. The molecule has 1 aliphatic rings. The van der Waals surface area contributed by atoms with Gasteiger partial charge in [-0.2, -0.15) is 13.9 Å². The van der Waals surface area contributed by atoms with Crippen LogP contribution < -0.4 is 5.32 Å². The van der Waals surface area contributed by atoms with Crippen LogP contribution in [0.25, 0.3) is 5.65 Å². The highest BCUT2D eigenvalue weighted by Gasteiger charge is 2.32. The maximum absolute atomic E-state index is 13.7. The van der Waals surface area contributed by atoms with Crippen LogP contribution in [0.15, 0.2) is 36.4 Å². The number of fused-ring (bicyclic) bond motifs is 1. The van der Waals surface area contributed by atoms with Crippen LogP contribution in [0, 0.1) is 6.92 Å². The molecule has 0 bridgehead atoms. The van der Waals surface area contributed by atoms with E-state index >= 15 is 0 Å². The number of carbonyl (C=O) groups is 1. The summed E-state index contributed by atoms with van der Waals surface area (Å²) >= 11 is 5.19. The second kappa shape index (κ2) is 8.28. The quantitative estimate of drug-likeness (QED) is 0.599. The van der Waals surface area contributed by atoms with Crippen molar-refractivity contribution in [3.05, 3.63) is 59.0 Å². The number of halogens is 3. The Kier molecular flexibility index (Phi) is 5.71. The van der Waals surface area contributed by atoms with Crippen molar-refractivity contribution in [2.45, 2.75) is 38.1 Å². The van der Waals surface area contributed by atoms with Crippen LogP contribution in [0.1, 0.15) is 46.7 Å². The van der Waals surface area contributed by atoms with Gasteiger partial charge in [0.1, 0.15) is 5.69 Å². The number of aryl methyl sites for hydroxylation is 1. The highest BCUT2D eigenvalue weighted by Crippen LogP contribution is 2.32. The largest absolute Gasteiger partial charge is 0.364 e. The van der Waals surface area contributed by atoms with E-state index in [1.54, 1.807) is 6.92 Å². The Morgan fingerprint density at radius 1 is 1.17 bits per heavy atom. The van der Waals surface area contributed by atoms with Gasteiger partial charge in [-0.3, -0.25) is 9.69 Å². The van der Waals surface area contributed by atoms with Gasteiger partial charge in [0.05, 0.1) is 0 Å². The Labute approximate surface area is 177 Å². The summed E-state index contributed by atoms with van der Waals surface area (Å²) in [4.78, 5) is 19.2. The minimum absolute atomic E-state index is 0.0207. The number of hydrogen-bond donors (Lipinski definition) is 1. The normalized spacial score (nSPS) is 15.5. The standard InChI is InChI=1S/C21H22ClF2N5O/c1-14-11-18(21(22,23)24)29-19(25-14)12-17(27-29)20(30)26-16-7-5-15(6-8-16)13-28-9-3-2-4-10-28/h5-8,11-12H,2-4,9-10,13H2,1H3,(H,26,30). The fraction of sp³-hybridized carbons (Fsp3) is 0.381. The van der Waals surface area contributed by atoms with Crippen LogP contribution in [0.5, 0.6) is 0 Å². The molecule has 1 amide bonds. The summed E-state index contributed by atoms with van der Waals surface area (Å²) in [6.07, 6.45) is 3.77. The van der Waals surface area contributed by atoms with Crippen molar-refractivity contribution in [3.63, 3.8) is 0 Å². The lowest BCUT2D eigenvalue weighted by molar-refractivity contribution is 0.0868. The average Bonchev–Trinajstić information content (AvgIpc) is 3.13. The monoisotopic (exact) mass is 433 g/mol. The van der Waals surface area contributed by atoms with Gasteiger partial charge < -0.3 is 5.32 Å². The zero-order valence-corrected chi connectivity index (χ0v) is 17.3. The molecule has 0 unspecified atom stereocenters. The lowest BCUT2D eigenvalue weighted by Crippen LogP contribution is -2.29. The van der Waals surface area contributed by atoms with Crippen LogP contribution in [0.2, 0.25) is 0 Å². The summed E-state index contributed by atoms with van der Waals surface area (Å²) in [6, 6.07) is 10.1. The molecule has 4 rings (SSSR count). The molecule has 1 saturated heterocycles. The molecule has 0 spiro atoms. The number of aromatic nitrogens is 3. The van der Waals surface area contributed by atoms with Gasteiger partial charge in [0.25, 0.3) is 5.91 Å². The Morgan fingerprint density at radius 3 is 2.53 bits per heavy atom.